The van der Waals surface area contributed by atoms with E-state index in [1.54, 1.807) is 12.4 Å². The summed E-state index contributed by atoms with van der Waals surface area (Å²) >= 11 is 1.48. The van der Waals surface area contributed by atoms with Gasteiger partial charge in [0.1, 0.15) is 0 Å². The highest BCUT2D eigenvalue weighted by atomic mass is 32.2. The third-order valence-electron chi connectivity index (χ3n) is 9.23. The number of pyridine rings is 1. The van der Waals surface area contributed by atoms with Crippen molar-refractivity contribution in [3.63, 3.8) is 0 Å². The molecule has 2 N–H and O–H groups in total. The number of aromatic amines is 1. The minimum Gasteiger partial charge on any atom is -0.448 e. The highest BCUT2D eigenvalue weighted by Crippen LogP contribution is 2.52. The van der Waals surface area contributed by atoms with E-state index >= 15 is 0 Å². The van der Waals surface area contributed by atoms with Gasteiger partial charge >= 0.3 is 0 Å². The van der Waals surface area contributed by atoms with Crippen molar-refractivity contribution in [2.45, 2.75) is 57.8 Å². The van der Waals surface area contributed by atoms with E-state index in [1.807, 2.05) is 39.2 Å². The topological polar surface area (TPSA) is 122 Å². The number of morpholine rings is 1. The molecule has 2 aromatic heterocycles. The maximum absolute atomic E-state index is 13.8. The van der Waals surface area contributed by atoms with Gasteiger partial charge in [-0.3, -0.25) is 9.59 Å². The van der Waals surface area contributed by atoms with Crippen LogP contribution in [-0.4, -0.2) is 83.7 Å². The third-order valence-corrected chi connectivity index (χ3v) is 10.0. The van der Waals surface area contributed by atoms with Crippen molar-refractivity contribution in [1.29, 1.82) is 0 Å². The van der Waals surface area contributed by atoms with Crippen LogP contribution < -0.4 is 25.2 Å². The number of amides is 1. The van der Waals surface area contributed by atoms with Gasteiger partial charge in [0.15, 0.2) is 11.5 Å². The molecule has 3 aromatic rings. The third kappa shape index (κ3) is 6.28. The Morgan fingerprint density at radius 3 is 2.44 bits per heavy atom. The van der Waals surface area contributed by atoms with Gasteiger partial charge in [0.25, 0.3) is 17.3 Å². The second-order valence-corrected chi connectivity index (χ2v) is 12.9. The van der Waals surface area contributed by atoms with Gasteiger partial charge in [0, 0.05) is 83.3 Å². The number of nitrogens with one attached hydrogen (secondary N) is 2. The van der Waals surface area contributed by atoms with Crippen LogP contribution in [-0.2, 0) is 11.3 Å². The minimum absolute atomic E-state index is 0.0961. The number of piperidine rings is 1. The Labute approximate surface area is 268 Å². The molecule has 12 heteroatoms. The second-order valence-electron chi connectivity index (χ2n) is 12.1. The molecule has 0 aliphatic carbocycles. The lowest BCUT2D eigenvalue weighted by Gasteiger charge is -2.38. The molecule has 0 radical (unpaired) electrons. The van der Waals surface area contributed by atoms with Crippen molar-refractivity contribution in [2.24, 2.45) is 5.92 Å². The van der Waals surface area contributed by atoms with Gasteiger partial charge in [-0.1, -0.05) is 6.92 Å². The molecule has 3 aliphatic heterocycles. The zero-order valence-electron chi connectivity index (χ0n) is 26.7. The molecule has 0 saturated carbocycles. The lowest BCUT2D eigenvalue weighted by atomic mass is 9.89. The van der Waals surface area contributed by atoms with Gasteiger partial charge in [-0.15, -0.1) is 11.8 Å². The van der Waals surface area contributed by atoms with Crippen LogP contribution in [0.15, 0.2) is 34.2 Å². The number of fused-ring (bicyclic) bond motifs is 1. The average Bonchev–Trinajstić information content (AvgIpc) is 3.43. The number of rotatable bonds is 8. The smallest absolute Gasteiger partial charge is 0.254 e. The van der Waals surface area contributed by atoms with Gasteiger partial charge in [0.2, 0.25) is 5.95 Å². The predicted octanol–water partition coefficient (Wildman–Crippen LogP) is 4.16. The van der Waals surface area contributed by atoms with Gasteiger partial charge in [-0.25, -0.2) is 9.97 Å². The monoisotopic (exact) mass is 634 g/mol. The fourth-order valence-corrected chi connectivity index (χ4v) is 7.17. The average molecular weight is 635 g/mol. The van der Waals surface area contributed by atoms with Crippen LogP contribution in [0.4, 0.5) is 5.95 Å². The molecule has 45 heavy (non-hydrogen) atoms. The summed E-state index contributed by atoms with van der Waals surface area (Å²) in [4.78, 5) is 44.1. The number of aromatic nitrogens is 3. The standard InChI is InChI=1S/C33H42N6O5S/c1-6-38-9-7-23(8-10-38)33(4)43-28-21(3)24(30(40)34-19-26-27(45-5)15-20(2)37-31(26)41)16-25(29(28)44-33)22-17-35-32(36-18-22)39-11-13-42-14-12-39/h15-18,23H,6-14,19H2,1-5H3,(H,34,40)(H,37,41)/t33-/m0/s1. The molecule has 6 rings (SSSR count). The van der Waals surface area contributed by atoms with Crippen molar-refractivity contribution in [3.8, 4) is 22.6 Å². The van der Waals surface area contributed by atoms with E-state index in [1.165, 1.54) is 11.8 Å². The van der Waals surface area contributed by atoms with E-state index in [0.717, 1.165) is 61.7 Å². The SMILES string of the molecule is CCN1CCC([C@]2(C)Oc3c(-c4cnc(N5CCOCC5)nc4)cc(C(=O)NCc4c(SC)cc(C)[nH]c4=O)c(C)c3O2)CC1. The zero-order chi connectivity index (χ0) is 31.7. The Bertz CT molecular complexity index is 1620. The summed E-state index contributed by atoms with van der Waals surface area (Å²) in [5, 5.41) is 2.98. The van der Waals surface area contributed by atoms with Crippen LogP contribution in [0, 0.1) is 19.8 Å². The normalized spacial score (nSPS) is 20.4. The maximum Gasteiger partial charge on any atom is 0.254 e. The summed E-state index contributed by atoms with van der Waals surface area (Å²) in [5.41, 5.74) is 3.66. The number of anilines is 1. The van der Waals surface area contributed by atoms with Crippen molar-refractivity contribution in [3.05, 3.63) is 57.3 Å². The lowest BCUT2D eigenvalue weighted by Crippen LogP contribution is -2.48. The lowest BCUT2D eigenvalue weighted by molar-refractivity contribution is -0.124. The highest BCUT2D eigenvalue weighted by molar-refractivity contribution is 7.98. The Kier molecular flexibility index (Phi) is 9.07. The molecule has 1 aromatic carbocycles. The number of H-pyrrole nitrogens is 1. The molecule has 0 spiro atoms. The number of carbonyl (C=O) groups is 1. The van der Waals surface area contributed by atoms with E-state index in [-0.39, 0.29) is 23.9 Å². The molecular formula is C33H42N6O5S. The number of hydrogen-bond acceptors (Lipinski definition) is 10. The fourth-order valence-electron chi connectivity index (χ4n) is 6.46. The summed E-state index contributed by atoms with van der Waals surface area (Å²) < 4.78 is 18.9. The number of likely N-dealkylation sites (tertiary alicyclic amines) is 1. The maximum atomic E-state index is 13.8. The molecule has 0 bridgehead atoms. The van der Waals surface area contributed by atoms with E-state index in [9.17, 15) is 9.59 Å². The number of ether oxygens (including phenoxy) is 3. The molecule has 1 amide bonds. The fraction of sp³-hybridized carbons (Fsp3) is 0.515. The first-order valence-electron chi connectivity index (χ1n) is 15.7. The van der Waals surface area contributed by atoms with E-state index in [0.29, 0.717) is 52.9 Å². The van der Waals surface area contributed by atoms with Crippen LogP contribution >= 0.6 is 11.8 Å². The van der Waals surface area contributed by atoms with Gasteiger partial charge in [-0.2, -0.15) is 0 Å². The first-order chi connectivity index (χ1) is 21.7. The summed E-state index contributed by atoms with van der Waals surface area (Å²) in [6.45, 7) is 13.8. The molecular weight excluding hydrogens is 592 g/mol. The number of thioether (sulfide) groups is 1. The number of carbonyl (C=O) groups excluding carboxylic acids is 1. The van der Waals surface area contributed by atoms with Crippen molar-refractivity contribution in [1.82, 2.24) is 25.2 Å². The Morgan fingerprint density at radius 1 is 1.09 bits per heavy atom. The van der Waals surface area contributed by atoms with Crippen molar-refractivity contribution in [2.75, 3.05) is 57.1 Å². The predicted molar refractivity (Wildman–Crippen MR) is 174 cm³/mol. The molecule has 0 unspecified atom stereocenters. The number of benzene rings is 1. The highest BCUT2D eigenvalue weighted by Gasteiger charge is 2.47. The van der Waals surface area contributed by atoms with Gasteiger partial charge in [0.05, 0.1) is 13.2 Å². The Morgan fingerprint density at radius 2 is 1.78 bits per heavy atom. The summed E-state index contributed by atoms with van der Waals surface area (Å²) in [5.74, 6) is 0.827. The Balaban J connectivity index is 1.34. The number of aryl methyl sites for hydroxylation is 1. The molecule has 2 fully saturated rings. The van der Waals surface area contributed by atoms with E-state index in [4.69, 9.17) is 14.2 Å². The summed E-state index contributed by atoms with van der Waals surface area (Å²) in [6, 6.07) is 3.75. The van der Waals surface area contributed by atoms with E-state index < -0.39 is 5.79 Å². The van der Waals surface area contributed by atoms with Gasteiger partial charge in [-0.05, 0) is 64.7 Å². The Hall–Kier alpha value is -3.61. The number of nitrogens with zero attached hydrogens (tertiary/aromatic N) is 4. The molecule has 11 nitrogen and oxygen atoms in total. The first-order valence-corrected chi connectivity index (χ1v) is 16.9. The van der Waals surface area contributed by atoms with Crippen LogP contribution in [0.2, 0.25) is 0 Å². The molecule has 2 saturated heterocycles. The first kappa shape index (κ1) is 31.4. The molecule has 240 valence electrons. The van der Waals surface area contributed by atoms with Crippen molar-refractivity contribution >= 4 is 23.6 Å². The van der Waals surface area contributed by atoms with Crippen LogP contribution in [0.1, 0.15) is 53.9 Å². The second kappa shape index (κ2) is 13.0. The molecule has 1 atom stereocenters. The van der Waals surface area contributed by atoms with Crippen LogP contribution in [0.3, 0.4) is 0 Å². The van der Waals surface area contributed by atoms with Gasteiger partial charge < -0.3 is 34.3 Å². The summed E-state index contributed by atoms with van der Waals surface area (Å²) in [6.07, 6.45) is 7.39. The van der Waals surface area contributed by atoms with Crippen LogP contribution in [0.25, 0.3) is 11.1 Å². The van der Waals surface area contributed by atoms with Crippen LogP contribution in [0.5, 0.6) is 11.5 Å². The van der Waals surface area contributed by atoms with Crippen molar-refractivity contribution < 1.29 is 19.0 Å². The minimum atomic E-state index is -0.867. The summed E-state index contributed by atoms with van der Waals surface area (Å²) in [7, 11) is 0. The quantitative estimate of drug-likeness (QED) is 0.350. The zero-order valence-corrected chi connectivity index (χ0v) is 27.5. The number of hydrogen-bond donors (Lipinski definition) is 2. The molecule has 5 heterocycles. The van der Waals surface area contributed by atoms with E-state index in [2.05, 4.69) is 37.0 Å². The largest absolute Gasteiger partial charge is 0.448 e. The molecule has 3 aliphatic rings.